The van der Waals surface area contributed by atoms with Crippen molar-refractivity contribution in [1.82, 2.24) is 4.90 Å². The number of nitrogens with zero attached hydrogens (tertiary/aromatic N) is 2. The van der Waals surface area contributed by atoms with E-state index in [0.29, 0.717) is 0 Å². The van der Waals surface area contributed by atoms with Crippen LogP contribution < -0.4 is 0 Å². The molecule has 1 aliphatic heterocycles. The first kappa shape index (κ1) is 5.35. The standard InChI is InChI=1S/C6H9N2/c1-2-4-8-5-3-7-6-8/h2H,1,3-5H2. The van der Waals surface area contributed by atoms with Crippen molar-refractivity contribution in [3.05, 3.63) is 12.7 Å². The van der Waals surface area contributed by atoms with Crippen LogP contribution >= 0.6 is 0 Å². The molecule has 1 aliphatic rings. The molecule has 0 saturated heterocycles. The molecule has 2 heteroatoms. The number of rotatable bonds is 2. The molecule has 0 atom stereocenters. The molecule has 0 aromatic carbocycles. The summed E-state index contributed by atoms with van der Waals surface area (Å²) in [5.74, 6) is 0. The zero-order valence-electron chi connectivity index (χ0n) is 4.80. The van der Waals surface area contributed by atoms with Crippen molar-refractivity contribution >= 4 is 6.34 Å². The van der Waals surface area contributed by atoms with E-state index in [1.165, 1.54) is 0 Å². The lowest BCUT2D eigenvalue weighted by Gasteiger charge is -2.06. The monoisotopic (exact) mass is 109 g/mol. The highest BCUT2D eigenvalue weighted by Crippen LogP contribution is 1.90. The quantitative estimate of drug-likeness (QED) is 0.468. The molecule has 0 bridgehead atoms. The van der Waals surface area contributed by atoms with Gasteiger partial charge in [0.2, 0.25) is 0 Å². The maximum absolute atomic E-state index is 3.91. The Labute approximate surface area is 49.5 Å². The molecule has 0 N–H and O–H groups in total. The molecule has 1 heterocycles. The summed E-state index contributed by atoms with van der Waals surface area (Å²) in [5.41, 5.74) is 0. The summed E-state index contributed by atoms with van der Waals surface area (Å²) < 4.78 is 0. The predicted octanol–water partition coefficient (Wildman–Crippen LogP) is 0.393. The molecule has 2 nitrogen and oxygen atoms in total. The van der Waals surface area contributed by atoms with Gasteiger partial charge >= 0.3 is 0 Å². The minimum Gasteiger partial charge on any atom is -0.348 e. The Hall–Kier alpha value is -0.790. The summed E-state index contributed by atoms with van der Waals surface area (Å²) >= 11 is 0. The summed E-state index contributed by atoms with van der Waals surface area (Å²) in [6, 6.07) is 0. The molecular weight excluding hydrogens is 100 g/mol. The number of hydrogen-bond donors (Lipinski definition) is 0. The van der Waals surface area contributed by atoms with E-state index in [0.717, 1.165) is 19.6 Å². The first-order valence-corrected chi connectivity index (χ1v) is 2.71. The molecule has 8 heavy (non-hydrogen) atoms. The van der Waals surface area contributed by atoms with E-state index in [1.54, 1.807) is 0 Å². The average Bonchev–Trinajstić information content (AvgIpc) is 2.19. The van der Waals surface area contributed by atoms with E-state index in [4.69, 9.17) is 0 Å². The number of aliphatic imine (C=N–C) groups is 1. The largest absolute Gasteiger partial charge is 0.348 e. The Kier molecular flexibility index (Phi) is 1.67. The van der Waals surface area contributed by atoms with Crippen LogP contribution in [0, 0.1) is 0 Å². The van der Waals surface area contributed by atoms with Gasteiger partial charge in [-0.25, -0.2) is 0 Å². The van der Waals surface area contributed by atoms with Gasteiger partial charge in [-0.1, -0.05) is 6.08 Å². The van der Waals surface area contributed by atoms with E-state index < -0.39 is 0 Å². The third-order valence-corrected chi connectivity index (χ3v) is 1.04. The van der Waals surface area contributed by atoms with Crippen LogP contribution in [0.2, 0.25) is 0 Å². The van der Waals surface area contributed by atoms with Crippen LogP contribution in [0.3, 0.4) is 0 Å². The fraction of sp³-hybridized carbons (Fsp3) is 0.500. The van der Waals surface area contributed by atoms with E-state index in [9.17, 15) is 0 Å². The van der Waals surface area contributed by atoms with E-state index in [-0.39, 0.29) is 0 Å². The van der Waals surface area contributed by atoms with E-state index in [1.807, 2.05) is 11.0 Å². The van der Waals surface area contributed by atoms with Crippen LogP contribution in [-0.2, 0) is 0 Å². The smallest absolute Gasteiger partial charge is 0.167 e. The number of hydrogen-bond acceptors (Lipinski definition) is 2. The molecule has 0 spiro atoms. The highest BCUT2D eigenvalue weighted by molar-refractivity contribution is 5.57. The van der Waals surface area contributed by atoms with Crippen LogP contribution in [0.25, 0.3) is 0 Å². The maximum atomic E-state index is 3.91. The van der Waals surface area contributed by atoms with Crippen molar-refractivity contribution in [2.75, 3.05) is 19.6 Å². The molecule has 1 rings (SSSR count). The van der Waals surface area contributed by atoms with E-state index >= 15 is 0 Å². The summed E-state index contributed by atoms with van der Waals surface area (Å²) in [4.78, 5) is 5.92. The zero-order chi connectivity index (χ0) is 5.82. The summed E-state index contributed by atoms with van der Waals surface area (Å²) in [6.45, 7) is 6.38. The Morgan fingerprint density at radius 2 is 2.75 bits per heavy atom. The normalized spacial score (nSPS) is 17.2. The maximum Gasteiger partial charge on any atom is 0.167 e. The summed E-state index contributed by atoms with van der Waals surface area (Å²) in [5, 5.41) is 0. The third kappa shape index (κ3) is 1.09. The molecular formula is C6H9N2. The third-order valence-electron chi connectivity index (χ3n) is 1.04. The molecule has 0 saturated carbocycles. The highest BCUT2D eigenvalue weighted by atomic mass is 15.2. The van der Waals surface area contributed by atoms with Crippen molar-refractivity contribution in [2.45, 2.75) is 0 Å². The Morgan fingerprint density at radius 1 is 1.88 bits per heavy atom. The van der Waals surface area contributed by atoms with Crippen LogP contribution in [0.4, 0.5) is 0 Å². The van der Waals surface area contributed by atoms with Gasteiger partial charge in [0.15, 0.2) is 6.34 Å². The molecule has 0 aliphatic carbocycles. The van der Waals surface area contributed by atoms with Gasteiger partial charge in [-0.3, -0.25) is 4.99 Å². The fourth-order valence-electron chi connectivity index (χ4n) is 0.659. The minimum atomic E-state index is 0.878. The minimum absolute atomic E-state index is 0.878. The Balaban J connectivity index is 2.25. The molecule has 1 radical (unpaired) electrons. The van der Waals surface area contributed by atoms with Gasteiger partial charge in [0.25, 0.3) is 0 Å². The average molecular weight is 109 g/mol. The summed E-state index contributed by atoms with van der Waals surface area (Å²) in [6.07, 6.45) is 4.70. The second-order valence-electron chi connectivity index (χ2n) is 1.72. The van der Waals surface area contributed by atoms with Crippen LogP contribution in [0.15, 0.2) is 17.6 Å². The Bertz CT molecular complexity index is 107. The Morgan fingerprint density at radius 3 is 3.25 bits per heavy atom. The van der Waals surface area contributed by atoms with E-state index in [2.05, 4.69) is 17.9 Å². The zero-order valence-corrected chi connectivity index (χ0v) is 4.80. The topological polar surface area (TPSA) is 15.6 Å². The lowest BCUT2D eigenvalue weighted by atomic mass is 10.5. The van der Waals surface area contributed by atoms with Gasteiger partial charge in [0.1, 0.15) is 0 Å². The molecule has 43 valence electrons. The second-order valence-corrected chi connectivity index (χ2v) is 1.72. The summed E-state index contributed by atoms with van der Waals surface area (Å²) in [7, 11) is 0. The van der Waals surface area contributed by atoms with Gasteiger partial charge in [0, 0.05) is 13.1 Å². The second kappa shape index (κ2) is 2.50. The highest BCUT2D eigenvalue weighted by Gasteiger charge is 2.01. The van der Waals surface area contributed by atoms with Crippen molar-refractivity contribution in [3.63, 3.8) is 0 Å². The first-order valence-electron chi connectivity index (χ1n) is 2.71. The molecule has 0 amide bonds. The molecule has 0 unspecified atom stereocenters. The van der Waals surface area contributed by atoms with Crippen molar-refractivity contribution in [2.24, 2.45) is 4.99 Å². The van der Waals surface area contributed by atoms with Crippen molar-refractivity contribution in [1.29, 1.82) is 0 Å². The SMILES string of the molecule is C=CCN1[C]=NCC1. The lowest BCUT2D eigenvalue weighted by molar-refractivity contribution is 0.519. The molecule has 0 fully saturated rings. The van der Waals surface area contributed by atoms with Gasteiger partial charge in [-0.05, 0) is 0 Å². The fourth-order valence-corrected chi connectivity index (χ4v) is 0.659. The van der Waals surface area contributed by atoms with Crippen LogP contribution in [0.5, 0.6) is 0 Å². The lowest BCUT2D eigenvalue weighted by Crippen LogP contribution is -2.18. The predicted molar refractivity (Wildman–Crippen MR) is 34.1 cm³/mol. The van der Waals surface area contributed by atoms with Crippen molar-refractivity contribution in [3.8, 4) is 0 Å². The van der Waals surface area contributed by atoms with Gasteiger partial charge in [-0.15, -0.1) is 6.58 Å². The van der Waals surface area contributed by atoms with Crippen LogP contribution in [0.1, 0.15) is 0 Å². The van der Waals surface area contributed by atoms with Gasteiger partial charge < -0.3 is 4.90 Å². The van der Waals surface area contributed by atoms with Crippen molar-refractivity contribution < 1.29 is 0 Å². The van der Waals surface area contributed by atoms with Crippen LogP contribution in [-0.4, -0.2) is 30.9 Å². The molecule has 0 aromatic rings. The molecule has 0 aromatic heterocycles. The van der Waals surface area contributed by atoms with Gasteiger partial charge in [0.05, 0.1) is 6.54 Å². The van der Waals surface area contributed by atoms with Gasteiger partial charge in [-0.2, -0.15) is 0 Å². The first-order chi connectivity index (χ1) is 3.93.